The molecule has 0 aliphatic rings. The quantitative estimate of drug-likeness (QED) is 0.759. The van der Waals surface area contributed by atoms with Crippen LogP contribution in [0.5, 0.6) is 0 Å². The molecule has 4 nitrogen and oxygen atoms in total. The third-order valence-corrected chi connectivity index (χ3v) is 4.23. The van der Waals surface area contributed by atoms with Crippen LogP contribution in [0.2, 0.25) is 0 Å². The van der Waals surface area contributed by atoms with E-state index in [2.05, 4.69) is 44.8 Å². The second kappa shape index (κ2) is 8.60. The average molecular weight is 299 g/mol. The summed E-state index contributed by atoms with van der Waals surface area (Å²) in [7, 11) is 1.73. The lowest BCUT2D eigenvalue weighted by Gasteiger charge is -2.24. The Bertz CT molecular complexity index is 390. The van der Waals surface area contributed by atoms with Crippen LogP contribution in [-0.2, 0) is 17.9 Å². The molecular formula is C15H29N3OS. The highest BCUT2D eigenvalue weighted by Crippen LogP contribution is 2.28. The molecule has 0 saturated heterocycles. The van der Waals surface area contributed by atoms with Crippen LogP contribution in [0.25, 0.3) is 0 Å². The number of aromatic nitrogens is 1. The summed E-state index contributed by atoms with van der Waals surface area (Å²) in [5, 5.41) is 4.60. The molecule has 5 heteroatoms. The number of nitrogens with one attached hydrogen (secondary N) is 1. The minimum Gasteiger partial charge on any atom is -0.378 e. The summed E-state index contributed by atoms with van der Waals surface area (Å²) in [6.07, 6.45) is 0. The standard InChI is InChI=1S/C15H29N3OS/c1-7-18(12(4)5)15-17-13(10-19-6)14(20-15)9-16-8-11(2)3/h11-12,16H,7-10H2,1-6H3. The minimum atomic E-state index is 0.470. The number of rotatable bonds is 9. The van der Waals surface area contributed by atoms with Crippen molar-refractivity contribution in [1.29, 1.82) is 0 Å². The molecule has 1 aromatic heterocycles. The van der Waals surface area contributed by atoms with E-state index in [1.54, 1.807) is 18.4 Å². The van der Waals surface area contributed by atoms with Crippen molar-refractivity contribution in [3.05, 3.63) is 10.6 Å². The number of ether oxygens (including phenoxy) is 1. The van der Waals surface area contributed by atoms with Gasteiger partial charge in [0.15, 0.2) is 5.13 Å². The molecule has 0 spiro atoms. The van der Waals surface area contributed by atoms with Gasteiger partial charge in [0.1, 0.15) is 0 Å². The number of hydrogen-bond acceptors (Lipinski definition) is 5. The average Bonchev–Trinajstić information content (AvgIpc) is 2.73. The molecule has 20 heavy (non-hydrogen) atoms. The molecular weight excluding hydrogens is 270 g/mol. The van der Waals surface area contributed by atoms with Crippen LogP contribution >= 0.6 is 11.3 Å². The normalized spacial score (nSPS) is 11.6. The van der Waals surface area contributed by atoms with Gasteiger partial charge >= 0.3 is 0 Å². The Kier molecular flexibility index (Phi) is 7.48. The van der Waals surface area contributed by atoms with E-state index in [0.29, 0.717) is 18.6 Å². The van der Waals surface area contributed by atoms with Crippen molar-refractivity contribution >= 4 is 16.5 Å². The number of methoxy groups -OCH3 is 1. The Balaban J connectivity index is 2.83. The van der Waals surface area contributed by atoms with Crippen LogP contribution < -0.4 is 10.2 Å². The fraction of sp³-hybridized carbons (Fsp3) is 0.800. The van der Waals surface area contributed by atoms with Gasteiger partial charge in [0.2, 0.25) is 0 Å². The zero-order chi connectivity index (χ0) is 15.1. The summed E-state index contributed by atoms with van der Waals surface area (Å²) >= 11 is 1.78. The van der Waals surface area contributed by atoms with Gasteiger partial charge in [0.05, 0.1) is 12.3 Å². The van der Waals surface area contributed by atoms with Gasteiger partial charge < -0.3 is 15.0 Å². The third-order valence-electron chi connectivity index (χ3n) is 3.10. The van der Waals surface area contributed by atoms with E-state index >= 15 is 0 Å². The maximum absolute atomic E-state index is 5.28. The Labute approximate surface area is 127 Å². The van der Waals surface area contributed by atoms with E-state index < -0.39 is 0 Å². The van der Waals surface area contributed by atoms with Gasteiger partial charge in [-0.15, -0.1) is 11.3 Å². The molecule has 0 saturated carbocycles. The second-order valence-electron chi connectivity index (χ2n) is 5.70. The lowest BCUT2D eigenvalue weighted by Crippen LogP contribution is -2.30. The fourth-order valence-electron chi connectivity index (χ4n) is 2.08. The lowest BCUT2D eigenvalue weighted by atomic mass is 10.2. The minimum absolute atomic E-state index is 0.470. The summed E-state index contributed by atoms with van der Waals surface area (Å²) in [5.74, 6) is 0.663. The molecule has 116 valence electrons. The van der Waals surface area contributed by atoms with Crippen molar-refractivity contribution in [3.8, 4) is 0 Å². The van der Waals surface area contributed by atoms with Crippen molar-refractivity contribution in [2.45, 2.75) is 53.8 Å². The molecule has 0 amide bonds. The third kappa shape index (κ3) is 5.04. The molecule has 0 unspecified atom stereocenters. The van der Waals surface area contributed by atoms with Crippen LogP contribution in [0.4, 0.5) is 5.13 Å². The van der Waals surface area contributed by atoms with Gasteiger partial charge in [-0.1, -0.05) is 13.8 Å². The van der Waals surface area contributed by atoms with Gasteiger partial charge in [-0.05, 0) is 33.2 Å². The summed E-state index contributed by atoms with van der Waals surface area (Å²) in [5.41, 5.74) is 1.07. The Morgan fingerprint density at radius 1 is 1.30 bits per heavy atom. The van der Waals surface area contributed by atoms with Crippen molar-refractivity contribution in [2.75, 3.05) is 25.1 Å². The summed E-state index contributed by atoms with van der Waals surface area (Å²) in [6, 6.07) is 0.470. The van der Waals surface area contributed by atoms with E-state index in [-0.39, 0.29) is 0 Å². The molecule has 0 bridgehead atoms. The highest BCUT2D eigenvalue weighted by atomic mass is 32.1. The predicted octanol–water partition coefficient (Wildman–Crippen LogP) is 3.27. The highest BCUT2D eigenvalue weighted by molar-refractivity contribution is 7.15. The van der Waals surface area contributed by atoms with Gasteiger partial charge in [0.25, 0.3) is 0 Å². The summed E-state index contributed by atoms with van der Waals surface area (Å²) in [4.78, 5) is 8.39. The maximum atomic E-state index is 5.28. The van der Waals surface area contributed by atoms with Crippen LogP contribution in [0, 0.1) is 5.92 Å². The van der Waals surface area contributed by atoms with Crippen LogP contribution in [0.3, 0.4) is 0 Å². The second-order valence-corrected chi connectivity index (χ2v) is 6.77. The van der Waals surface area contributed by atoms with Crippen LogP contribution in [0.15, 0.2) is 0 Å². The predicted molar refractivity (Wildman–Crippen MR) is 87.5 cm³/mol. The van der Waals surface area contributed by atoms with E-state index in [9.17, 15) is 0 Å². The smallest absolute Gasteiger partial charge is 0.186 e. The highest BCUT2D eigenvalue weighted by Gasteiger charge is 2.17. The van der Waals surface area contributed by atoms with Gasteiger partial charge in [-0.2, -0.15) is 0 Å². The zero-order valence-corrected chi connectivity index (χ0v) is 14.5. The Morgan fingerprint density at radius 3 is 2.50 bits per heavy atom. The van der Waals surface area contributed by atoms with Crippen molar-refractivity contribution < 1.29 is 4.74 Å². The van der Waals surface area contributed by atoms with Gasteiger partial charge in [-0.3, -0.25) is 0 Å². The molecule has 0 atom stereocenters. The molecule has 0 aliphatic heterocycles. The van der Waals surface area contributed by atoms with E-state index in [4.69, 9.17) is 9.72 Å². The molecule has 1 N–H and O–H groups in total. The first-order chi connectivity index (χ1) is 9.49. The van der Waals surface area contributed by atoms with E-state index in [1.165, 1.54) is 4.88 Å². The largest absolute Gasteiger partial charge is 0.378 e. The van der Waals surface area contributed by atoms with Crippen molar-refractivity contribution in [3.63, 3.8) is 0 Å². The molecule has 0 aromatic carbocycles. The molecule has 1 aromatic rings. The summed E-state index contributed by atoms with van der Waals surface area (Å²) in [6.45, 7) is 14.5. The number of hydrogen-bond donors (Lipinski definition) is 1. The maximum Gasteiger partial charge on any atom is 0.186 e. The fourth-order valence-corrected chi connectivity index (χ4v) is 3.31. The molecule has 0 fully saturated rings. The van der Waals surface area contributed by atoms with Crippen LogP contribution in [0.1, 0.15) is 45.2 Å². The lowest BCUT2D eigenvalue weighted by molar-refractivity contribution is 0.181. The monoisotopic (exact) mass is 299 g/mol. The number of thiazole rings is 1. The SMILES string of the molecule is CCN(c1nc(COC)c(CNCC(C)C)s1)C(C)C. The Hall–Kier alpha value is -0.650. The first kappa shape index (κ1) is 17.4. The van der Waals surface area contributed by atoms with Crippen molar-refractivity contribution in [1.82, 2.24) is 10.3 Å². The van der Waals surface area contributed by atoms with Gasteiger partial charge in [-0.25, -0.2) is 4.98 Å². The zero-order valence-electron chi connectivity index (χ0n) is 13.7. The van der Waals surface area contributed by atoms with Crippen LogP contribution in [-0.4, -0.2) is 31.2 Å². The van der Waals surface area contributed by atoms with E-state index in [0.717, 1.165) is 30.5 Å². The van der Waals surface area contributed by atoms with Crippen molar-refractivity contribution in [2.24, 2.45) is 5.92 Å². The van der Waals surface area contributed by atoms with Gasteiger partial charge in [0, 0.05) is 31.1 Å². The van der Waals surface area contributed by atoms with E-state index in [1.807, 2.05) is 0 Å². The molecule has 0 radical (unpaired) electrons. The number of anilines is 1. The number of nitrogens with zero attached hydrogens (tertiary/aromatic N) is 2. The molecule has 0 aliphatic carbocycles. The topological polar surface area (TPSA) is 37.4 Å². The molecule has 1 rings (SSSR count). The molecule has 1 heterocycles. The first-order valence-electron chi connectivity index (χ1n) is 7.44. The Morgan fingerprint density at radius 2 is 2.00 bits per heavy atom. The summed E-state index contributed by atoms with van der Waals surface area (Å²) < 4.78 is 5.28. The first-order valence-corrected chi connectivity index (χ1v) is 8.26.